The van der Waals surface area contributed by atoms with Gasteiger partial charge in [0.15, 0.2) is 0 Å². The lowest BCUT2D eigenvalue weighted by atomic mass is 9.79. The van der Waals surface area contributed by atoms with Crippen LogP contribution in [0, 0.1) is 13.8 Å². The molecule has 1 saturated carbocycles. The highest BCUT2D eigenvalue weighted by atomic mass is 32.2. The van der Waals surface area contributed by atoms with Gasteiger partial charge in [-0.3, -0.25) is 0 Å². The molecule has 6 heteroatoms. The van der Waals surface area contributed by atoms with E-state index in [0.29, 0.717) is 0 Å². The third-order valence-corrected chi connectivity index (χ3v) is 5.72. The van der Waals surface area contributed by atoms with E-state index in [2.05, 4.69) is 41.9 Å². The number of rotatable bonds is 3. The Balaban J connectivity index is 1.64. The van der Waals surface area contributed by atoms with Crippen molar-refractivity contribution < 1.29 is 13.3 Å². The number of hydrogen-bond donors (Lipinski definition) is 1. The quantitative estimate of drug-likeness (QED) is 0.923. The standard InChI is InChI=1S/C17H24N2O3S/c1-12-4-5-14(10-13(12)2)16-11-17(22-18-16)8-6-15(7-9-17)19-23(3,20)21/h4-5,10,15,19H,6-9,11H2,1-3H3. The van der Waals surface area contributed by atoms with Gasteiger partial charge in [0.1, 0.15) is 5.60 Å². The minimum atomic E-state index is -3.14. The van der Waals surface area contributed by atoms with Crippen LogP contribution in [-0.4, -0.2) is 32.0 Å². The molecule has 1 aliphatic heterocycles. The minimum absolute atomic E-state index is 0.0184. The fraction of sp³-hybridized carbons (Fsp3) is 0.588. The first kappa shape index (κ1) is 16.5. The molecule has 126 valence electrons. The van der Waals surface area contributed by atoms with Crippen LogP contribution in [-0.2, 0) is 14.9 Å². The van der Waals surface area contributed by atoms with Crippen LogP contribution in [0.4, 0.5) is 0 Å². The van der Waals surface area contributed by atoms with E-state index in [4.69, 9.17) is 4.84 Å². The number of sulfonamides is 1. The van der Waals surface area contributed by atoms with E-state index in [9.17, 15) is 8.42 Å². The van der Waals surface area contributed by atoms with Crippen molar-refractivity contribution in [3.05, 3.63) is 34.9 Å². The molecule has 0 unspecified atom stereocenters. The van der Waals surface area contributed by atoms with Crippen molar-refractivity contribution in [3.63, 3.8) is 0 Å². The molecule has 0 bridgehead atoms. The number of nitrogens with one attached hydrogen (secondary N) is 1. The summed E-state index contributed by atoms with van der Waals surface area (Å²) in [4.78, 5) is 5.81. The molecule has 1 aromatic rings. The van der Waals surface area contributed by atoms with Crippen LogP contribution in [0.2, 0.25) is 0 Å². The number of aryl methyl sites for hydroxylation is 2. The SMILES string of the molecule is Cc1ccc(C2=NOC3(CCC(NS(C)(=O)=O)CC3)C2)cc1C. The van der Waals surface area contributed by atoms with Crippen molar-refractivity contribution >= 4 is 15.7 Å². The summed E-state index contributed by atoms with van der Waals surface area (Å²) >= 11 is 0. The van der Waals surface area contributed by atoms with Crippen LogP contribution < -0.4 is 4.72 Å². The molecular formula is C17H24N2O3S. The van der Waals surface area contributed by atoms with E-state index in [1.165, 1.54) is 17.4 Å². The molecule has 0 aromatic heterocycles. The van der Waals surface area contributed by atoms with Crippen LogP contribution in [0.5, 0.6) is 0 Å². The summed E-state index contributed by atoms with van der Waals surface area (Å²) in [7, 11) is -3.14. The Bertz CT molecular complexity index is 732. The van der Waals surface area contributed by atoms with Gasteiger partial charge >= 0.3 is 0 Å². The first-order chi connectivity index (χ1) is 10.8. The van der Waals surface area contributed by atoms with Crippen molar-refractivity contribution in [2.45, 2.75) is 57.6 Å². The molecule has 0 amide bonds. The van der Waals surface area contributed by atoms with Crippen LogP contribution in [0.25, 0.3) is 0 Å². The van der Waals surface area contributed by atoms with Crippen LogP contribution in [0.15, 0.2) is 23.4 Å². The maximum Gasteiger partial charge on any atom is 0.208 e. The molecule has 1 spiro atoms. The highest BCUT2D eigenvalue weighted by Crippen LogP contribution is 2.39. The Hall–Kier alpha value is -1.40. The molecule has 1 aromatic carbocycles. The predicted molar refractivity (Wildman–Crippen MR) is 91.1 cm³/mol. The highest BCUT2D eigenvalue weighted by Gasteiger charge is 2.43. The smallest absolute Gasteiger partial charge is 0.208 e. The van der Waals surface area contributed by atoms with E-state index in [1.54, 1.807) is 0 Å². The second kappa shape index (κ2) is 5.91. The number of oxime groups is 1. The monoisotopic (exact) mass is 336 g/mol. The second-order valence-corrected chi connectivity index (χ2v) is 8.73. The Kier molecular flexibility index (Phi) is 4.23. The number of benzene rings is 1. The van der Waals surface area contributed by atoms with Gasteiger partial charge in [-0.25, -0.2) is 13.1 Å². The van der Waals surface area contributed by atoms with Crippen molar-refractivity contribution in [1.29, 1.82) is 0 Å². The first-order valence-corrected chi connectivity index (χ1v) is 9.95. The third-order valence-electron chi connectivity index (χ3n) is 4.96. The first-order valence-electron chi connectivity index (χ1n) is 8.06. The molecule has 1 aliphatic carbocycles. The topological polar surface area (TPSA) is 67.8 Å². The largest absolute Gasteiger partial charge is 0.389 e. The van der Waals surface area contributed by atoms with Crippen LogP contribution in [0.3, 0.4) is 0 Å². The highest BCUT2D eigenvalue weighted by molar-refractivity contribution is 7.88. The lowest BCUT2D eigenvalue weighted by molar-refractivity contribution is -0.0487. The Labute approximate surface area is 138 Å². The number of hydrogen-bond acceptors (Lipinski definition) is 4. The molecule has 1 fully saturated rings. The molecule has 0 saturated heterocycles. The van der Waals surface area contributed by atoms with Crippen LogP contribution in [0.1, 0.15) is 48.8 Å². The zero-order chi connectivity index (χ0) is 16.7. The summed E-state index contributed by atoms with van der Waals surface area (Å²) in [6, 6.07) is 6.39. The Morgan fingerprint density at radius 1 is 1.22 bits per heavy atom. The molecule has 0 radical (unpaired) electrons. The third kappa shape index (κ3) is 3.75. The van der Waals surface area contributed by atoms with Gasteiger partial charge in [0.2, 0.25) is 10.0 Å². The fourth-order valence-corrected chi connectivity index (χ4v) is 4.27. The van der Waals surface area contributed by atoms with E-state index in [1.807, 2.05) is 0 Å². The van der Waals surface area contributed by atoms with E-state index in [-0.39, 0.29) is 11.6 Å². The minimum Gasteiger partial charge on any atom is -0.389 e. The van der Waals surface area contributed by atoms with E-state index in [0.717, 1.165) is 43.4 Å². The molecular weight excluding hydrogens is 312 g/mol. The van der Waals surface area contributed by atoms with E-state index < -0.39 is 10.0 Å². The lowest BCUT2D eigenvalue weighted by Gasteiger charge is -2.34. The molecule has 1 heterocycles. The summed E-state index contributed by atoms with van der Waals surface area (Å²) in [5.41, 5.74) is 4.41. The normalized spacial score (nSPS) is 27.8. The van der Waals surface area contributed by atoms with Gasteiger partial charge in [0.25, 0.3) is 0 Å². The van der Waals surface area contributed by atoms with Gasteiger partial charge in [-0.2, -0.15) is 0 Å². The van der Waals surface area contributed by atoms with Gasteiger partial charge in [-0.05, 0) is 62.3 Å². The van der Waals surface area contributed by atoms with Gasteiger partial charge in [-0.1, -0.05) is 17.3 Å². The van der Waals surface area contributed by atoms with Crippen molar-refractivity contribution in [1.82, 2.24) is 4.72 Å². The molecule has 3 rings (SSSR count). The zero-order valence-corrected chi connectivity index (χ0v) is 14.7. The fourth-order valence-electron chi connectivity index (χ4n) is 3.43. The molecule has 2 aliphatic rings. The Morgan fingerprint density at radius 2 is 1.91 bits per heavy atom. The van der Waals surface area contributed by atoms with Crippen molar-refractivity contribution in [2.75, 3.05) is 6.26 Å². The molecule has 1 N–H and O–H groups in total. The van der Waals surface area contributed by atoms with Crippen molar-refractivity contribution in [3.8, 4) is 0 Å². The summed E-state index contributed by atoms with van der Waals surface area (Å²) < 4.78 is 25.4. The average Bonchev–Trinajstić information content (AvgIpc) is 2.88. The maximum atomic E-state index is 11.3. The Morgan fingerprint density at radius 3 is 2.52 bits per heavy atom. The summed E-state index contributed by atoms with van der Waals surface area (Å²) in [5, 5.41) is 4.33. The molecule has 23 heavy (non-hydrogen) atoms. The average molecular weight is 336 g/mol. The summed E-state index contributed by atoms with van der Waals surface area (Å²) in [6.45, 7) is 4.21. The van der Waals surface area contributed by atoms with Gasteiger partial charge in [0, 0.05) is 12.5 Å². The van der Waals surface area contributed by atoms with Crippen LogP contribution >= 0.6 is 0 Å². The van der Waals surface area contributed by atoms with Gasteiger partial charge < -0.3 is 4.84 Å². The number of nitrogens with zero attached hydrogens (tertiary/aromatic N) is 1. The lowest BCUT2D eigenvalue weighted by Crippen LogP contribution is -2.43. The molecule has 5 nitrogen and oxygen atoms in total. The summed E-state index contributed by atoms with van der Waals surface area (Å²) in [5.74, 6) is 0. The van der Waals surface area contributed by atoms with Gasteiger partial charge in [-0.15, -0.1) is 0 Å². The maximum absolute atomic E-state index is 11.3. The second-order valence-electron chi connectivity index (χ2n) is 6.95. The summed E-state index contributed by atoms with van der Waals surface area (Å²) in [6.07, 6.45) is 5.27. The zero-order valence-electron chi connectivity index (χ0n) is 13.9. The molecule has 0 atom stereocenters. The van der Waals surface area contributed by atoms with E-state index >= 15 is 0 Å². The van der Waals surface area contributed by atoms with Gasteiger partial charge in [0.05, 0.1) is 12.0 Å². The van der Waals surface area contributed by atoms with Crippen molar-refractivity contribution in [2.24, 2.45) is 5.16 Å². The predicted octanol–water partition coefficient (Wildman–Crippen LogP) is 2.66.